The van der Waals surface area contributed by atoms with Gasteiger partial charge in [0.05, 0.1) is 13.0 Å². The molecule has 0 saturated heterocycles. The van der Waals surface area contributed by atoms with Crippen molar-refractivity contribution in [3.63, 3.8) is 0 Å². The number of rotatable bonds is 1. The Balaban J connectivity index is 2.02. The number of ether oxygens (including phenoxy) is 1. The second-order valence-corrected chi connectivity index (χ2v) is 3.80. The predicted octanol–water partition coefficient (Wildman–Crippen LogP) is 1.60. The molecule has 0 radical (unpaired) electrons. The Hall–Kier alpha value is -0.530. The highest BCUT2D eigenvalue weighted by Gasteiger charge is 2.43. The summed E-state index contributed by atoms with van der Waals surface area (Å²) in [4.78, 5) is 11.2. The second-order valence-electron chi connectivity index (χ2n) is 3.80. The number of hydrogen-bond donors (Lipinski definition) is 0. The molecule has 2 aliphatic rings. The van der Waals surface area contributed by atoms with Gasteiger partial charge in [-0.3, -0.25) is 4.79 Å². The van der Waals surface area contributed by atoms with Gasteiger partial charge in [-0.2, -0.15) is 0 Å². The fourth-order valence-corrected chi connectivity index (χ4v) is 2.68. The van der Waals surface area contributed by atoms with Gasteiger partial charge in [0.1, 0.15) is 0 Å². The van der Waals surface area contributed by atoms with Gasteiger partial charge >= 0.3 is 5.97 Å². The lowest BCUT2D eigenvalue weighted by Gasteiger charge is -2.18. The maximum absolute atomic E-state index is 11.2. The van der Waals surface area contributed by atoms with E-state index in [4.69, 9.17) is 4.74 Å². The third-order valence-electron chi connectivity index (χ3n) is 3.24. The highest BCUT2D eigenvalue weighted by atomic mass is 16.5. The summed E-state index contributed by atoms with van der Waals surface area (Å²) in [6.07, 6.45) is 4.97. The summed E-state index contributed by atoms with van der Waals surface area (Å²) in [6, 6.07) is 0. The van der Waals surface area contributed by atoms with Crippen LogP contribution < -0.4 is 0 Å². The van der Waals surface area contributed by atoms with Crippen LogP contribution in [0.3, 0.4) is 0 Å². The minimum Gasteiger partial charge on any atom is -0.469 e. The molecule has 2 saturated carbocycles. The van der Waals surface area contributed by atoms with Gasteiger partial charge in [0, 0.05) is 0 Å². The fourth-order valence-electron chi connectivity index (χ4n) is 2.68. The van der Waals surface area contributed by atoms with E-state index in [1.807, 2.05) is 0 Å². The average Bonchev–Trinajstić information content (AvgIpc) is 2.62. The molecular formula is C9H14O2. The zero-order valence-electron chi connectivity index (χ0n) is 6.88. The Labute approximate surface area is 66.9 Å². The van der Waals surface area contributed by atoms with Crippen LogP contribution in [0.15, 0.2) is 0 Å². The molecule has 2 rings (SSSR count). The SMILES string of the molecule is COC(=O)C1C[C@H]2CC[C@@H]1C2. The minimum atomic E-state index is 0.0252. The standard InChI is InChI=1S/C9H14O2/c1-11-9(10)8-5-6-2-3-7(8)4-6/h6-8H,2-5H2,1H3/t6-,7+,8?/m0/s1. The summed E-state index contributed by atoms with van der Waals surface area (Å²) in [7, 11) is 1.49. The maximum atomic E-state index is 11.2. The average molecular weight is 154 g/mol. The molecule has 0 amide bonds. The smallest absolute Gasteiger partial charge is 0.308 e. The summed E-state index contributed by atoms with van der Waals surface area (Å²) in [5, 5.41) is 0. The number of carbonyl (C=O) groups excluding carboxylic acids is 1. The molecule has 0 N–H and O–H groups in total. The van der Waals surface area contributed by atoms with E-state index in [0.29, 0.717) is 5.92 Å². The molecular weight excluding hydrogens is 140 g/mol. The van der Waals surface area contributed by atoms with Gasteiger partial charge in [0.2, 0.25) is 0 Å². The first-order chi connectivity index (χ1) is 5.31. The van der Waals surface area contributed by atoms with E-state index in [2.05, 4.69) is 0 Å². The van der Waals surface area contributed by atoms with E-state index in [1.165, 1.54) is 26.4 Å². The van der Waals surface area contributed by atoms with Crippen LogP contribution in [0.4, 0.5) is 0 Å². The molecule has 0 aliphatic heterocycles. The lowest BCUT2D eigenvalue weighted by molar-refractivity contribution is -0.147. The van der Waals surface area contributed by atoms with Crippen molar-refractivity contribution in [1.29, 1.82) is 0 Å². The van der Waals surface area contributed by atoms with Crippen molar-refractivity contribution in [2.45, 2.75) is 25.7 Å². The third kappa shape index (κ3) is 1.05. The zero-order valence-corrected chi connectivity index (χ0v) is 6.88. The van der Waals surface area contributed by atoms with Gasteiger partial charge in [-0.05, 0) is 31.1 Å². The Kier molecular flexibility index (Phi) is 1.63. The number of esters is 1. The molecule has 1 unspecified atom stereocenters. The Morgan fingerprint density at radius 2 is 2.18 bits per heavy atom. The van der Waals surface area contributed by atoms with Crippen LogP contribution in [0, 0.1) is 17.8 Å². The highest BCUT2D eigenvalue weighted by molar-refractivity contribution is 5.73. The van der Waals surface area contributed by atoms with Crippen LogP contribution in [0.1, 0.15) is 25.7 Å². The van der Waals surface area contributed by atoms with E-state index >= 15 is 0 Å². The van der Waals surface area contributed by atoms with E-state index in [0.717, 1.165) is 12.3 Å². The fraction of sp³-hybridized carbons (Fsp3) is 0.889. The van der Waals surface area contributed by atoms with Gasteiger partial charge in [-0.25, -0.2) is 0 Å². The Morgan fingerprint density at radius 1 is 1.36 bits per heavy atom. The summed E-state index contributed by atoms with van der Waals surface area (Å²) in [5.74, 6) is 1.77. The second kappa shape index (κ2) is 2.50. The molecule has 62 valence electrons. The Morgan fingerprint density at radius 3 is 2.64 bits per heavy atom. The van der Waals surface area contributed by atoms with Crippen molar-refractivity contribution in [3.05, 3.63) is 0 Å². The summed E-state index contributed by atoms with van der Waals surface area (Å²) in [5.41, 5.74) is 0. The predicted molar refractivity (Wildman–Crippen MR) is 41.0 cm³/mol. The van der Waals surface area contributed by atoms with Crippen LogP contribution in [0.2, 0.25) is 0 Å². The molecule has 2 fully saturated rings. The number of hydrogen-bond acceptors (Lipinski definition) is 2. The first-order valence-corrected chi connectivity index (χ1v) is 4.39. The van der Waals surface area contributed by atoms with Crippen molar-refractivity contribution in [2.24, 2.45) is 17.8 Å². The van der Waals surface area contributed by atoms with Gasteiger partial charge in [-0.15, -0.1) is 0 Å². The van der Waals surface area contributed by atoms with Crippen LogP contribution in [-0.2, 0) is 9.53 Å². The van der Waals surface area contributed by atoms with Crippen molar-refractivity contribution in [3.8, 4) is 0 Å². The Bertz CT molecular complexity index is 176. The normalized spacial score (nSPS) is 41.0. The zero-order chi connectivity index (χ0) is 7.84. The van der Waals surface area contributed by atoms with Crippen LogP contribution in [-0.4, -0.2) is 13.1 Å². The van der Waals surface area contributed by atoms with E-state index < -0.39 is 0 Å². The molecule has 3 atom stereocenters. The molecule has 0 aromatic rings. The largest absolute Gasteiger partial charge is 0.469 e. The molecule has 0 aromatic heterocycles. The van der Waals surface area contributed by atoms with E-state index in [1.54, 1.807) is 0 Å². The first kappa shape index (κ1) is 7.14. The maximum Gasteiger partial charge on any atom is 0.308 e. The van der Waals surface area contributed by atoms with Gasteiger partial charge in [0.25, 0.3) is 0 Å². The van der Waals surface area contributed by atoms with Gasteiger partial charge in [-0.1, -0.05) is 6.42 Å². The third-order valence-corrected chi connectivity index (χ3v) is 3.24. The van der Waals surface area contributed by atoms with Crippen LogP contribution in [0.25, 0.3) is 0 Å². The molecule has 2 nitrogen and oxygen atoms in total. The lowest BCUT2D eigenvalue weighted by atomic mass is 9.89. The van der Waals surface area contributed by atoms with Crippen LogP contribution >= 0.6 is 0 Å². The molecule has 2 heteroatoms. The molecule has 2 bridgehead atoms. The monoisotopic (exact) mass is 154 g/mol. The first-order valence-electron chi connectivity index (χ1n) is 4.39. The van der Waals surface area contributed by atoms with E-state index in [9.17, 15) is 4.79 Å². The van der Waals surface area contributed by atoms with E-state index in [-0.39, 0.29) is 11.9 Å². The molecule has 11 heavy (non-hydrogen) atoms. The van der Waals surface area contributed by atoms with Crippen molar-refractivity contribution >= 4 is 5.97 Å². The molecule has 2 aliphatic carbocycles. The topological polar surface area (TPSA) is 26.3 Å². The van der Waals surface area contributed by atoms with Crippen LogP contribution in [0.5, 0.6) is 0 Å². The molecule has 0 heterocycles. The van der Waals surface area contributed by atoms with Gasteiger partial charge < -0.3 is 4.74 Å². The van der Waals surface area contributed by atoms with Gasteiger partial charge in [0.15, 0.2) is 0 Å². The summed E-state index contributed by atoms with van der Waals surface area (Å²) < 4.78 is 4.75. The number of fused-ring (bicyclic) bond motifs is 2. The lowest BCUT2D eigenvalue weighted by Crippen LogP contribution is -2.21. The molecule has 0 aromatic carbocycles. The molecule has 0 spiro atoms. The number of methoxy groups -OCH3 is 1. The van der Waals surface area contributed by atoms with Crippen molar-refractivity contribution in [2.75, 3.05) is 7.11 Å². The summed E-state index contributed by atoms with van der Waals surface area (Å²) >= 11 is 0. The van der Waals surface area contributed by atoms with Crippen molar-refractivity contribution < 1.29 is 9.53 Å². The quantitative estimate of drug-likeness (QED) is 0.536. The highest BCUT2D eigenvalue weighted by Crippen LogP contribution is 2.48. The number of carbonyl (C=O) groups is 1. The van der Waals surface area contributed by atoms with Crippen molar-refractivity contribution in [1.82, 2.24) is 0 Å². The summed E-state index contributed by atoms with van der Waals surface area (Å²) in [6.45, 7) is 0. The minimum absolute atomic E-state index is 0.0252.